The van der Waals surface area contributed by atoms with Crippen LogP contribution < -0.4 is 5.32 Å². The minimum absolute atomic E-state index is 0.215. The number of rotatable bonds is 4. The fraction of sp³-hybridized carbons (Fsp3) is 0.350. The van der Waals surface area contributed by atoms with E-state index in [1.165, 1.54) is 28.6 Å². The number of nitrogens with one attached hydrogen (secondary N) is 1. The number of halogens is 1. The molecule has 1 heterocycles. The highest BCUT2D eigenvalue weighted by Crippen LogP contribution is 2.24. The highest BCUT2D eigenvalue weighted by atomic mass is 35.5. The molecule has 0 unspecified atom stereocenters. The van der Waals surface area contributed by atoms with E-state index in [0.29, 0.717) is 35.3 Å². The Balaban J connectivity index is 1.74. The van der Waals surface area contributed by atoms with Gasteiger partial charge in [0, 0.05) is 29.4 Å². The number of nitrogens with zero attached hydrogens (tertiary/aromatic N) is 1. The summed E-state index contributed by atoms with van der Waals surface area (Å²) in [6.07, 6.45) is 1.75. The molecule has 1 fully saturated rings. The predicted molar refractivity (Wildman–Crippen MR) is 108 cm³/mol. The summed E-state index contributed by atoms with van der Waals surface area (Å²) < 4.78 is 27.0. The number of hydrogen-bond acceptors (Lipinski definition) is 3. The summed E-state index contributed by atoms with van der Waals surface area (Å²) in [5.41, 5.74) is 1.92. The highest BCUT2D eigenvalue weighted by molar-refractivity contribution is 7.89. The molecule has 0 aromatic heterocycles. The first kappa shape index (κ1) is 19.9. The average molecular weight is 407 g/mol. The van der Waals surface area contributed by atoms with Gasteiger partial charge >= 0.3 is 0 Å². The molecule has 0 aliphatic carbocycles. The van der Waals surface area contributed by atoms with E-state index in [2.05, 4.69) is 12.2 Å². The fourth-order valence-corrected chi connectivity index (χ4v) is 4.72. The summed E-state index contributed by atoms with van der Waals surface area (Å²) in [6, 6.07) is 11.3. The van der Waals surface area contributed by atoms with Gasteiger partial charge in [0.25, 0.3) is 5.91 Å². The van der Waals surface area contributed by atoms with E-state index in [4.69, 9.17) is 11.6 Å². The molecule has 3 rings (SSSR count). The summed E-state index contributed by atoms with van der Waals surface area (Å²) in [7, 11) is -3.51. The smallest absolute Gasteiger partial charge is 0.255 e. The average Bonchev–Trinajstić information content (AvgIpc) is 2.65. The Kier molecular flexibility index (Phi) is 5.89. The zero-order valence-electron chi connectivity index (χ0n) is 15.4. The Hall–Kier alpha value is -1.89. The molecule has 1 aliphatic heterocycles. The summed E-state index contributed by atoms with van der Waals surface area (Å²) in [6.45, 7) is 5.10. The predicted octanol–water partition coefficient (Wildman–Crippen LogP) is 4.32. The quantitative estimate of drug-likeness (QED) is 0.822. The van der Waals surface area contributed by atoms with Crippen LogP contribution in [0.5, 0.6) is 0 Å². The maximum Gasteiger partial charge on any atom is 0.255 e. The van der Waals surface area contributed by atoms with Crippen molar-refractivity contribution in [3.8, 4) is 0 Å². The van der Waals surface area contributed by atoms with Gasteiger partial charge in [-0.2, -0.15) is 4.31 Å². The number of aryl methyl sites for hydroxylation is 1. The van der Waals surface area contributed by atoms with Crippen molar-refractivity contribution in [3.63, 3.8) is 0 Å². The molecule has 0 spiro atoms. The number of carbonyl (C=O) groups excluding carboxylic acids is 1. The van der Waals surface area contributed by atoms with Crippen LogP contribution in [-0.2, 0) is 10.0 Å². The topological polar surface area (TPSA) is 66.5 Å². The Morgan fingerprint density at radius 3 is 2.37 bits per heavy atom. The van der Waals surface area contributed by atoms with E-state index in [9.17, 15) is 13.2 Å². The molecule has 27 heavy (non-hydrogen) atoms. The second-order valence-electron chi connectivity index (χ2n) is 7.02. The van der Waals surface area contributed by atoms with Crippen LogP contribution in [0.1, 0.15) is 35.7 Å². The second-order valence-corrected chi connectivity index (χ2v) is 9.40. The SMILES string of the molecule is Cc1ccc(Cl)cc1NC(=O)c1ccc(S(=O)(=O)N2CCC(C)CC2)cc1. The van der Waals surface area contributed by atoms with Gasteiger partial charge in [0.15, 0.2) is 0 Å². The lowest BCUT2D eigenvalue weighted by Crippen LogP contribution is -2.37. The molecule has 1 aliphatic rings. The number of carbonyl (C=O) groups is 1. The summed E-state index contributed by atoms with van der Waals surface area (Å²) in [4.78, 5) is 12.7. The Bertz CT molecular complexity index is 934. The van der Waals surface area contributed by atoms with Crippen LogP contribution in [0.2, 0.25) is 5.02 Å². The van der Waals surface area contributed by atoms with E-state index in [1.54, 1.807) is 12.1 Å². The lowest BCUT2D eigenvalue weighted by Gasteiger charge is -2.29. The third-order valence-electron chi connectivity index (χ3n) is 4.94. The van der Waals surface area contributed by atoms with Crippen LogP contribution in [0, 0.1) is 12.8 Å². The summed E-state index contributed by atoms with van der Waals surface area (Å²) in [5, 5.41) is 3.35. The highest BCUT2D eigenvalue weighted by Gasteiger charge is 2.28. The normalized spacial score (nSPS) is 16.3. The van der Waals surface area contributed by atoms with Crippen molar-refractivity contribution in [2.75, 3.05) is 18.4 Å². The fourth-order valence-electron chi connectivity index (χ4n) is 3.08. The van der Waals surface area contributed by atoms with Gasteiger partial charge in [0.05, 0.1) is 4.90 Å². The van der Waals surface area contributed by atoms with E-state index in [0.717, 1.165) is 18.4 Å². The van der Waals surface area contributed by atoms with E-state index >= 15 is 0 Å². The summed E-state index contributed by atoms with van der Waals surface area (Å²) in [5.74, 6) is 0.244. The molecule has 1 amide bonds. The minimum Gasteiger partial charge on any atom is -0.322 e. The van der Waals surface area contributed by atoms with Crippen molar-refractivity contribution in [3.05, 3.63) is 58.6 Å². The minimum atomic E-state index is -3.51. The molecule has 2 aromatic carbocycles. The molecule has 2 aromatic rings. The van der Waals surface area contributed by atoms with Crippen molar-refractivity contribution < 1.29 is 13.2 Å². The number of sulfonamides is 1. The van der Waals surface area contributed by atoms with Gasteiger partial charge in [0.1, 0.15) is 0 Å². The zero-order chi connectivity index (χ0) is 19.6. The van der Waals surface area contributed by atoms with Gasteiger partial charge in [-0.05, 0) is 67.6 Å². The van der Waals surface area contributed by atoms with Crippen LogP contribution >= 0.6 is 11.6 Å². The van der Waals surface area contributed by atoms with Crippen LogP contribution in [0.15, 0.2) is 47.4 Å². The van der Waals surface area contributed by atoms with Crippen LogP contribution in [-0.4, -0.2) is 31.7 Å². The van der Waals surface area contributed by atoms with Crippen molar-refractivity contribution in [2.24, 2.45) is 5.92 Å². The van der Waals surface area contributed by atoms with Crippen molar-refractivity contribution in [1.29, 1.82) is 0 Å². The Morgan fingerprint density at radius 2 is 1.74 bits per heavy atom. The Labute approximate surface area is 165 Å². The number of piperidine rings is 1. The van der Waals surface area contributed by atoms with Gasteiger partial charge in [-0.15, -0.1) is 0 Å². The molecule has 0 radical (unpaired) electrons. The van der Waals surface area contributed by atoms with Gasteiger partial charge < -0.3 is 5.32 Å². The maximum atomic E-state index is 12.8. The van der Waals surface area contributed by atoms with E-state index in [1.807, 2.05) is 13.0 Å². The largest absolute Gasteiger partial charge is 0.322 e. The van der Waals surface area contributed by atoms with Gasteiger partial charge in [-0.1, -0.05) is 24.6 Å². The maximum absolute atomic E-state index is 12.8. The van der Waals surface area contributed by atoms with Crippen molar-refractivity contribution in [1.82, 2.24) is 4.31 Å². The number of amides is 1. The number of hydrogen-bond donors (Lipinski definition) is 1. The molecule has 0 bridgehead atoms. The number of benzene rings is 2. The first-order valence-electron chi connectivity index (χ1n) is 8.95. The zero-order valence-corrected chi connectivity index (χ0v) is 17.0. The molecule has 0 saturated carbocycles. The molecule has 5 nitrogen and oxygen atoms in total. The molecule has 1 N–H and O–H groups in total. The monoisotopic (exact) mass is 406 g/mol. The molecule has 0 atom stereocenters. The van der Waals surface area contributed by atoms with Gasteiger partial charge in [-0.25, -0.2) is 8.42 Å². The molecular weight excluding hydrogens is 384 g/mol. The van der Waals surface area contributed by atoms with Crippen LogP contribution in [0.3, 0.4) is 0 Å². The van der Waals surface area contributed by atoms with E-state index in [-0.39, 0.29) is 10.8 Å². The van der Waals surface area contributed by atoms with Crippen molar-refractivity contribution >= 4 is 33.2 Å². The third-order valence-corrected chi connectivity index (χ3v) is 7.09. The molecule has 7 heteroatoms. The lowest BCUT2D eigenvalue weighted by atomic mass is 10.0. The standard InChI is InChI=1S/C20H23ClN2O3S/c1-14-9-11-23(12-10-14)27(25,26)18-7-4-16(5-8-18)20(24)22-19-13-17(21)6-3-15(19)2/h3-8,13-14H,9-12H2,1-2H3,(H,22,24). The Morgan fingerprint density at radius 1 is 1.11 bits per heavy atom. The third kappa shape index (κ3) is 4.51. The van der Waals surface area contributed by atoms with Gasteiger partial charge in [-0.3, -0.25) is 4.79 Å². The lowest BCUT2D eigenvalue weighted by molar-refractivity contribution is 0.102. The van der Waals surface area contributed by atoms with Gasteiger partial charge in [0.2, 0.25) is 10.0 Å². The number of anilines is 1. The molecular formula is C20H23ClN2O3S. The van der Waals surface area contributed by atoms with Crippen LogP contribution in [0.25, 0.3) is 0 Å². The first-order chi connectivity index (χ1) is 12.8. The summed E-state index contributed by atoms with van der Waals surface area (Å²) >= 11 is 5.98. The van der Waals surface area contributed by atoms with Crippen molar-refractivity contribution in [2.45, 2.75) is 31.6 Å². The molecule has 144 valence electrons. The first-order valence-corrected chi connectivity index (χ1v) is 10.8. The molecule has 1 saturated heterocycles. The van der Waals surface area contributed by atoms with Crippen LogP contribution in [0.4, 0.5) is 5.69 Å². The second kappa shape index (κ2) is 8.00. The van der Waals surface area contributed by atoms with E-state index < -0.39 is 10.0 Å².